The Morgan fingerprint density at radius 3 is 2.60 bits per heavy atom. The first-order chi connectivity index (χ1) is 9.67. The van der Waals surface area contributed by atoms with Gasteiger partial charge in [0.1, 0.15) is 0 Å². The maximum atomic E-state index is 11.6. The van der Waals surface area contributed by atoms with Crippen molar-refractivity contribution in [2.45, 2.75) is 45.1 Å². The molecule has 0 aliphatic heterocycles. The summed E-state index contributed by atoms with van der Waals surface area (Å²) in [5.41, 5.74) is 8.55. The van der Waals surface area contributed by atoms with E-state index in [1.54, 1.807) is 13.1 Å². The van der Waals surface area contributed by atoms with Crippen molar-refractivity contribution in [1.82, 2.24) is 5.32 Å². The van der Waals surface area contributed by atoms with Crippen LogP contribution in [0.2, 0.25) is 0 Å². The van der Waals surface area contributed by atoms with E-state index in [0.717, 1.165) is 12.2 Å². The second-order valence-electron chi connectivity index (χ2n) is 5.43. The molecule has 4 nitrogen and oxygen atoms in total. The molecular weight excluding hydrogens is 250 g/mol. The smallest absolute Gasteiger partial charge is 0.251 e. The first kappa shape index (κ1) is 14.7. The highest BCUT2D eigenvalue weighted by atomic mass is 16.1. The molecule has 0 spiro atoms. The van der Waals surface area contributed by atoms with Crippen molar-refractivity contribution in [1.29, 1.82) is 0 Å². The van der Waals surface area contributed by atoms with E-state index >= 15 is 0 Å². The van der Waals surface area contributed by atoms with Crippen LogP contribution in [0.4, 0.5) is 11.4 Å². The molecule has 110 valence electrons. The van der Waals surface area contributed by atoms with Crippen LogP contribution in [0.5, 0.6) is 0 Å². The fourth-order valence-corrected chi connectivity index (χ4v) is 3.12. The first-order valence-corrected chi connectivity index (χ1v) is 7.55. The molecule has 2 rings (SSSR count). The predicted molar refractivity (Wildman–Crippen MR) is 84.1 cm³/mol. The van der Waals surface area contributed by atoms with Gasteiger partial charge in [0.25, 0.3) is 5.91 Å². The normalized spacial score (nSPS) is 15.9. The van der Waals surface area contributed by atoms with E-state index in [0.29, 0.717) is 17.3 Å². The average molecular weight is 275 g/mol. The zero-order valence-electron chi connectivity index (χ0n) is 12.5. The number of hydrogen-bond donors (Lipinski definition) is 2. The van der Waals surface area contributed by atoms with Gasteiger partial charge in [-0.05, 0) is 38.0 Å². The van der Waals surface area contributed by atoms with Crippen LogP contribution in [0.25, 0.3) is 0 Å². The number of amides is 1. The molecule has 1 fully saturated rings. The number of carbonyl (C=O) groups excluding carboxylic acids is 1. The monoisotopic (exact) mass is 275 g/mol. The van der Waals surface area contributed by atoms with E-state index in [1.165, 1.54) is 32.1 Å². The Labute approximate surface area is 121 Å². The number of nitrogens with two attached hydrogens (primary N) is 1. The van der Waals surface area contributed by atoms with Gasteiger partial charge in [-0.15, -0.1) is 0 Å². The van der Waals surface area contributed by atoms with Crippen molar-refractivity contribution < 1.29 is 4.79 Å². The van der Waals surface area contributed by atoms with E-state index < -0.39 is 0 Å². The van der Waals surface area contributed by atoms with Gasteiger partial charge in [-0.25, -0.2) is 0 Å². The van der Waals surface area contributed by atoms with Crippen LogP contribution in [0.15, 0.2) is 18.2 Å². The van der Waals surface area contributed by atoms with E-state index in [-0.39, 0.29) is 5.91 Å². The third-order valence-corrected chi connectivity index (χ3v) is 4.18. The maximum Gasteiger partial charge on any atom is 0.251 e. The van der Waals surface area contributed by atoms with Gasteiger partial charge in [0.2, 0.25) is 0 Å². The largest absolute Gasteiger partial charge is 0.397 e. The van der Waals surface area contributed by atoms with Gasteiger partial charge < -0.3 is 16.0 Å². The molecule has 20 heavy (non-hydrogen) atoms. The van der Waals surface area contributed by atoms with Gasteiger partial charge in [0, 0.05) is 25.2 Å². The van der Waals surface area contributed by atoms with E-state index in [1.807, 2.05) is 12.1 Å². The molecule has 1 amide bonds. The molecule has 0 atom stereocenters. The van der Waals surface area contributed by atoms with Gasteiger partial charge in [-0.2, -0.15) is 0 Å². The summed E-state index contributed by atoms with van der Waals surface area (Å²) in [7, 11) is 1.63. The van der Waals surface area contributed by atoms with Gasteiger partial charge in [-0.3, -0.25) is 4.79 Å². The minimum absolute atomic E-state index is 0.0936. The van der Waals surface area contributed by atoms with Crippen molar-refractivity contribution in [2.75, 3.05) is 24.2 Å². The Morgan fingerprint density at radius 1 is 1.35 bits per heavy atom. The zero-order chi connectivity index (χ0) is 14.5. The summed E-state index contributed by atoms with van der Waals surface area (Å²) in [6, 6.07) is 6.20. The van der Waals surface area contributed by atoms with E-state index in [9.17, 15) is 4.79 Å². The molecule has 1 aliphatic carbocycles. The van der Waals surface area contributed by atoms with Crippen LogP contribution < -0.4 is 16.0 Å². The van der Waals surface area contributed by atoms with Gasteiger partial charge in [0.15, 0.2) is 0 Å². The number of nitrogen functional groups attached to an aromatic ring is 1. The lowest BCUT2D eigenvalue weighted by Gasteiger charge is -2.36. The number of carbonyl (C=O) groups is 1. The van der Waals surface area contributed by atoms with E-state index in [4.69, 9.17) is 5.73 Å². The molecule has 0 radical (unpaired) electrons. The lowest BCUT2D eigenvalue weighted by atomic mass is 9.93. The number of anilines is 2. The average Bonchev–Trinajstić information content (AvgIpc) is 2.49. The molecule has 1 aliphatic rings. The lowest BCUT2D eigenvalue weighted by molar-refractivity contribution is 0.0963. The van der Waals surface area contributed by atoms with Crippen molar-refractivity contribution in [3.05, 3.63) is 23.8 Å². The van der Waals surface area contributed by atoms with Crippen LogP contribution in [0.3, 0.4) is 0 Å². The van der Waals surface area contributed by atoms with E-state index in [2.05, 4.69) is 17.1 Å². The second kappa shape index (κ2) is 6.64. The summed E-state index contributed by atoms with van der Waals surface area (Å²) in [6.07, 6.45) is 6.43. The third-order valence-electron chi connectivity index (χ3n) is 4.18. The highest BCUT2D eigenvalue weighted by Gasteiger charge is 2.22. The van der Waals surface area contributed by atoms with Crippen LogP contribution in [0, 0.1) is 0 Å². The summed E-state index contributed by atoms with van der Waals surface area (Å²) < 4.78 is 0. The standard InChI is InChI=1S/C16H25N3O/c1-3-19(13-7-5-4-6-8-13)15-10-9-12(11-14(15)17)16(20)18-2/h9-11,13H,3-8,17H2,1-2H3,(H,18,20). The number of nitrogens with zero attached hydrogens (tertiary/aromatic N) is 1. The van der Waals surface area contributed by atoms with Crippen LogP contribution in [-0.4, -0.2) is 25.5 Å². The second-order valence-corrected chi connectivity index (χ2v) is 5.43. The van der Waals surface area contributed by atoms with Crippen molar-refractivity contribution >= 4 is 17.3 Å². The SMILES string of the molecule is CCN(c1ccc(C(=O)NC)cc1N)C1CCCCC1. The fourth-order valence-electron chi connectivity index (χ4n) is 3.12. The van der Waals surface area contributed by atoms with Gasteiger partial charge >= 0.3 is 0 Å². The molecule has 0 aromatic heterocycles. The van der Waals surface area contributed by atoms with Gasteiger partial charge in [0.05, 0.1) is 11.4 Å². The molecule has 0 unspecified atom stereocenters. The number of benzene rings is 1. The Hall–Kier alpha value is -1.71. The Kier molecular flexibility index (Phi) is 4.88. The highest BCUT2D eigenvalue weighted by molar-refractivity contribution is 5.96. The zero-order valence-corrected chi connectivity index (χ0v) is 12.5. The topological polar surface area (TPSA) is 58.4 Å². The molecule has 3 N–H and O–H groups in total. The summed E-state index contributed by atoms with van der Waals surface area (Å²) in [4.78, 5) is 14.0. The Morgan fingerprint density at radius 2 is 2.05 bits per heavy atom. The molecule has 0 bridgehead atoms. The first-order valence-electron chi connectivity index (χ1n) is 7.55. The van der Waals surface area contributed by atoms with Crippen molar-refractivity contribution in [3.63, 3.8) is 0 Å². The number of nitrogens with one attached hydrogen (secondary N) is 1. The predicted octanol–water partition coefficient (Wildman–Crippen LogP) is 2.79. The highest BCUT2D eigenvalue weighted by Crippen LogP contribution is 2.31. The molecule has 0 saturated heterocycles. The Balaban J connectivity index is 2.23. The quantitative estimate of drug-likeness (QED) is 0.831. The molecule has 1 aromatic carbocycles. The summed E-state index contributed by atoms with van der Waals surface area (Å²) in [6.45, 7) is 3.12. The summed E-state index contributed by atoms with van der Waals surface area (Å²) in [5, 5.41) is 2.63. The van der Waals surface area contributed by atoms with Crippen LogP contribution in [-0.2, 0) is 0 Å². The minimum Gasteiger partial charge on any atom is -0.397 e. The van der Waals surface area contributed by atoms with Crippen LogP contribution >= 0.6 is 0 Å². The molecule has 4 heteroatoms. The summed E-state index contributed by atoms with van der Waals surface area (Å²) >= 11 is 0. The maximum absolute atomic E-state index is 11.6. The summed E-state index contributed by atoms with van der Waals surface area (Å²) in [5.74, 6) is -0.0936. The molecular formula is C16H25N3O. The molecule has 1 saturated carbocycles. The fraction of sp³-hybridized carbons (Fsp3) is 0.562. The van der Waals surface area contributed by atoms with Gasteiger partial charge in [-0.1, -0.05) is 19.3 Å². The van der Waals surface area contributed by atoms with Crippen molar-refractivity contribution in [2.24, 2.45) is 0 Å². The van der Waals surface area contributed by atoms with Crippen LogP contribution in [0.1, 0.15) is 49.4 Å². The number of hydrogen-bond acceptors (Lipinski definition) is 3. The molecule has 0 heterocycles. The number of rotatable bonds is 4. The molecule has 1 aromatic rings. The van der Waals surface area contributed by atoms with Crippen molar-refractivity contribution in [3.8, 4) is 0 Å². The third kappa shape index (κ3) is 3.06. The lowest BCUT2D eigenvalue weighted by Crippen LogP contribution is -2.37. The Bertz CT molecular complexity index is 467. The minimum atomic E-state index is -0.0936.